The normalized spacial score (nSPS) is 11.4. The number of halogens is 1. The van der Waals surface area contributed by atoms with Crippen LogP contribution in [0.25, 0.3) is 0 Å². The summed E-state index contributed by atoms with van der Waals surface area (Å²) >= 11 is 5.79. The van der Waals surface area contributed by atoms with Crippen LogP contribution in [0.15, 0.2) is 42.5 Å². The van der Waals surface area contributed by atoms with E-state index < -0.39 is 34.9 Å². The third kappa shape index (κ3) is 5.87. The summed E-state index contributed by atoms with van der Waals surface area (Å²) in [7, 11) is 0. The number of nitro benzene ring substituents is 1. The lowest BCUT2D eigenvalue weighted by atomic mass is 9.98. The van der Waals surface area contributed by atoms with Gasteiger partial charge in [-0.3, -0.25) is 19.7 Å². The van der Waals surface area contributed by atoms with Crippen molar-refractivity contribution >= 4 is 34.9 Å². The van der Waals surface area contributed by atoms with E-state index in [2.05, 4.69) is 5.32 Å². The van der Waals surface area contributed by atoms with Crippen LogP contribution in [0.5, 0.6) is 0 Å². The van der Waals surface area contributed by atoms with E-state index >= 15 is 0 Å². The molecule has 0 unspecified atom stereocenters. The topological polar surface area (TPSA) is 116 Å². The molecule has 0 aromatic heterocycles. The molecule has 158 valence electrons. The maximum Gasteiger partial charge on any atom is 0.339 e. The van der Waals surface area contributed by atoms with Gasteiger partial charge in [0.2, 0.25) is 0 Å². The SMILES string of the molecule is CCC[C@@H](C)NC(=O)COC(=O)c1ccccc1C(=O)c1ccc(Cl)c([N+](=O)[O-])c1. The number of nitro groups is 1. The van der Waals surface area contributed by atoms with Crippen molar-refractivity contribution in [3.8, 4) is 0 Å². The van der Waals surface area contributed by atoms with Crippen molar-refractivity contribution < 1.29 is 24.0 Å². The number of nitrogens with zero attached hydrogens (tertiary/aromatic N) is 1. The van der Waals surface area contributed by atoms with Crippen molar-refractivity contribution in [2.75, 3.05) is 6.61 Å². The highest BCUT2D eigenvalue weighted by Crippen LogP contribution is 2.27. The Morgan fingerprint density at radius 2 is 1.83 bits per heavy atom. The first-order valence-electron chi connectivity index (χ1n) is 9.28. The number of hydrogen-bond acceptors (Lipinski definition) is 6. The Morgan fingerprint density at radius 1 is 1.17 bits per heavy atom. The monoisotopic (exact) mass is 432 g/mol. The summed E-state index contributed by atoms with van der Waals surface area (Å²) in [5.41, 5.74) is -0.466. The van der Waals surface area contributed by atoms with Crippen LogP contribution in [0.2, 0.25) is 5.02 Å². The average Bonchev–Trinajstić information content (AvgIpc) is 2.71. The zero-order valence-corrected chi connectivity index (χ0v) is 17.3. The lowest BCUT2D eigenvalue weighted by Crippen LogP contribution is -2.35. The van der Waals surface area contributed by atoms with E-state index in [-0.39, 0.29) is 27.8 Å². The third-order valence-electron chi connectivity index (χ3n) is 4.26. The second kappa shape index (κ2) is 10.5. The summed E-state index contributed by atoms with van der Waals surface area (Å²) < 4.78 is 5.04. The summed E-state index contributed by atoms with van der Waals surface area (Å²) in [5.74, 6) is -1.90. The first-order valence-corrected chi connectivity index (χ1v) is 9.66. The van der Waals surface area contributed by atoms with Gasteiger partial charge in [0, 0.05) is 23.2 Å². The van der Waals surface area contributed by atoms with Crippen molar-refractivity contribution in [2.24, 2.45) is 0 Å². The number of esters is 1. The molecule has 2 aromatic carbocycles. The molecule has 0 radical (unpaired) electrons. The fourth-order valence-electron chi connectivity index (χ4n) is 2.84. The minimum absolute atomic E-state index is 0.00104. The van der Waals surface area contributed by atoms with Crippen LogP contribution in [0, 0.1) is 10.1 Å². The highest BCUT2D eigenvalue weighted by Gasteiger charge is 2.22. The molecular formula is C21H21ClN2O6. The zero-order valence-electron chi connectivity index (χ0n) is 16.5. The molecule has 0 heterocycles. The fraction of sp³-hybridized carbons (Fsp3) is 0.286. The van der Waals surface area contributed by atoms with Gasteiger partial charge in [-0.1, -0.05) is 43.1 Å². The van der Waals surface area contributed by atoms with Gasteiger partial charge in [0.15, 0.2) is 12.4 Å². The van der Waals surface area contributed by atoms with Crippen LogP contribution >= 0.6 is 11.6 Å². The van der Waals surface area contributed by atoms with Crippen LogP contribution in [0.3, 0.4) is 0 Å². The lowest BCUT2D eigenvalue weighted by molar-refractivity contribution is -0.384. The van der Waals surface area contributed by atoms with Gasteiger partial charge in [-0.25, -0.2) is 4.79 Å². The molecule has 0 saturated heterocycles. The third-order valence-corrected chi connectivity index (χ3v) is 4.58. The Hall–Kier alpha value is -3.26. The van der Waals surface area contributed by atoms with Gasteiger partial charge in [0.25, 0.3) is 11.6 Å². The molecule has 30 heavy (non-hydrogen) atoms. The largest absolute Gasteiger partial charge is 0.452 e. The van der Waals surface area contributed by atoms with E-state index in [1.165, 1.54) is 24.3 Å². The molecule has 0 aliphatic carbocycles. The van der Waals surface area contributed by atoms with E-state index in [0.717, 1.165) is 18.9 Å². The molecule has 0 spiro atoms. The van der Waals surface area contributed by atoms with E-state index in [0.29, 0.717) is 0 Å². The molecular weight excluding hydrogens is 412 g/mol. The number of benzene rings is 2. The molecule has 0 bridgehead atoms. The molecule has 0 saturated carbocycles. The van der Waals surface area contributed by atoms with Crippen LogP contribution in [0.4, 0.5) is 5.69 Å². The van der Waals surface area contributed by atoms with Gasteiger partial charge in [0.05, 0.1) is 10.5 Å². The standard InChI is InChI=1S/C21H21ClN2O6/c1-3-6-13(2)23-19(25)12-30-21(27)16-8-5-4-7-15(16)20(26)14-9-10-17(22)18(11-14)24(28)29/h4-5,7-11,13H,3,6,12H2,1-2H3,(H,23,25)/t13-/m1/s1. The van der Waals surface area contributed by atoms with E-state index in [1.807, 2.05) is 13.8 Å². The first-order chi connectivity index (χ1) is 14.2. The number of nitrogens with one attached hydrogen (secondary N) is 1. The van der Waals surface area contributed by atoms with Crippen molar-refractivity contribution in [1.29, 1.82) is 0 Å². The second-order valence-electron chi connectivity index (χ2n) is 6.63. The van der Waals surface area contributed by atoms with Crippen LogP contribution < -0.4 is 5.32 Å². The van der Waals surface area contributed by atoms with Crippen molar-refractivity contribution in [3.05, 3.63) is 74.3 Å². The molecule has 1 atom stereocenters. The van der Waals surface area contributed by atoms with Crippen molar-refractivity contribution in [3.63, 3.8) is 0 Å². The Kier molecular flexibility index (Phi) is 8.06. The van der Waals surface area contributed by atoms with E-state index in [4.69, 9.17) is 16.3 Å². The van der Waals surface area contributed by atoms with Crippen molar-refractivity contribution in [1.82, 2.24) is 5.32 Å². The summed E-state index contributed by atoms with van der Waals surface area (Å²) in [6, 6.07) is 9.47. The fourth-order valence-corrected chi connectivity index (χ4v) is 3.03. The Bertz CT molecular complexity index is 976. The number of rotatable bonds is 9. The lowest BCUT2D eigenvalue weighted by Gasteiger charge is -2.13. The Morgan fingerprint density at radius 3 is 2.47 bits per heavy atom. The quantitative estimate of drug-likeness (QED) is 0.277. The van der Waals surface area contributed by atoms with E-state index in [9.17, 15) is 24.5 Å². The first kappa shape index (κ1) is 23.0. The molecule has 8 nitrogen and oxygen atoms in total. The van der Waals surface area contributed by atoms with Gasteiger partial charge in [-0.2, -0.15) is 0 Å². The number of carbonyl (C=O) groups excluding carboxylic acids is 3. The maximum atomic E-state index is 12.9. The summed E-state index contributed by atoms with van der Waals surface area (Å²) in [6.07, 6.45) is 1.70. The molecule has 1 amide bonds. The minimum atomic E-state index is -0.847. The van der Waals surface area contributed by atoms with Gasteiger partial charge in [-0.05, 0) is 31.5 Å². The van der Waals surface area contributed by atoms with Gasteiger partial charge < -0.3 is 10.1 Å². The van der Waals surface area contributed by atoms with Gasteiger partial charge in [-0.15, -0.1) is 0 Å². The predicted octanol–water partition coefficient (Wildman–Crippen LogP) is 3.94. The maximum absolute atomic E-state index is 12.9. The Balaban J connectivity index is 2.18. The smallest absolute Gasteiger partial charge is 0.339 e. The number of amides is 1. The molecule has 9 heteroatoms. The summed E-state index contributed by atoms with van der Waals surface area (Å²) in [5, 5.41) is 13.7. The zero-order chi connectivity index (χ0) is 22.3. The molecule has 2 aromatic rings. The van der Waals surface area contributed by atoms with Crippen LogP contribution in [-0.2, 0) is 9.53 Å². The number of ketones is 1. The highest BCUT2D eigenvalue weighted by atomic mass is 35.5. The molecule has 0 aliphatic rings. The number of ether oxygens (including phenoxy) is 1. The number of carbonyl (C=O) groups is 3. The van der Waals surface area contributed by atoms with Gasteiger partial charge in [0.1, 0.15) is 5.02 Å². The summed E-state index contributed by atoms with van der Waals surface area (Å²) in [6.45, 7) is 3.36. The molecule has 0 fully saturated rings. The van der Waals surface area contributed by atoms with Gasteiger partial charge >= 0.3 is 5.97 Å². The second-order valence-corrected chi connectivity index (χ2v) is 7.04. The summed E-state index contributed by atoms with van der Waals surface area (Å²) in [4.78, 5) is 47.6. The number of hydrogen-bond donors (Lipinski definition) is 1. The predicted molar refractivity (Wildman–Crippen MR) is 111 cm³/mol. The van der Waals surface area contributed by atoms with E-state index in [1.54, 1.807) is 12.1 Å². The Labute approximate surface area is 178 Å². The average molecular weight is 433 g/mol. The molecule has 2 rings (SSSR count). The van der Waals surface area contributed by atoms with Crippen LogP contribution in [-0.4, -0.2) is 35.2 Å². The molecule has 1 N–H and O–H groups in total. The highest BCUT2D eigenvalue weighted by molar-refractivity contribution is 6.33. The minimum Gasteiger partial charge on any atom is -0.452 e. The van der Waals surface area contributed by atoms with Crippen molar-refractivity contribution in [2.45, 2.75) is 32.7 Å². The van der Waals surface area contributed by atoms with Crippen LogP contribution in [0.1, 0.15) is 53.0 Å². The molecule has 0 aliphatic heterocycles.